The molecular formula is C18H24ClN3O6. The summed E-state index contributed by atoms with van der Waals surface area (Å²) in [5, 5.41) is 19.6. The molecule has 0 bridgehead atoms. The molecular weight excluding hydrogens is 390 g/mol. The first kappa shape index (κ1) is 23.6. The monoisotopic (exact) mass is 413 g/mol. The summed E-state index contributed by atoms with van der Waals surface area (Å²) in [6.07, 6.45) is 0.849. The molecule has 0 unspecified atom stereocenters. The average molecular weight is 414 g/mol. The fraction of sp³-hybridized carbons (Fsp3) is 0.389. The largest absolute Gasteiger partial charge is 0.477 e. The summed E-state index contributed by atoms with van der Waals surface area (Å²) in [6.45, 7) is 1.93. The van der Waals surface area contributed by atoms with Crippen LogP contribution in [0.3, 0.4) is 0 Å². The number of nitrogens with two attached hydrogens (primary N) is 1. The van der Waals surface area contributed by atoms with Gasteiger partial charge in [-0.15, -0.1) is 0 Å². The van der Waals surface area contributed by atoms with Crippen molar-refractivity contribution in [2.75, 3.05) is 6.61 Å². The number of hydrogen-bond acceptors (Lipinski definition) is 5. The number of nitrogens with one attached hydrogen (secondary N) is 1. The molecule has 0 aromatic heterocycles. The van der Waals surface area contributed by atoms with Crippen molar-refractivity contribution < 1.29 is 30.1 Å². The minimum atomic E-state index is -1.25. The number of fused-ring (bicyclic) bond motifs is 1. The lowest BCUT2D eigenvalue weighted by molar-refractivity contribution is -0.156. The Hall–Kier alpha value is -2.46. The fourth-order valence-corrected chi connectivity index (χ4v) is 3.35. The molecule has 0 saturated carbocycles. The van der Waals surface area contributed by atoms with E-state index in [1.54, 1.807) is 31.2 Å². The number of carboxylic acids is 1. The number of carbonyl (C=O) groups is 3. The van der Waals surface area contributed by atoms with E-state index in [1.165, 1.54) is 0 Å². The molecule has 0 radical (unpaired) electrons. The smallest absolute Gasteiger partial charge is 0.353 e. The number of aliphatic carboxylic acids is 1. The van der Waals surface area contributed by atoms with Crippen molar-refractivity contribution in [3.63, 3.8) is 0 Å². The van der Waals surface area contributed by atoms with Crippen molar-refractivity contribution in [3.8, 4) is 0 Å². The van der Waals surface area contributed by atoms with Gasteiger partial charge in [0.05, 0.1) is 6.04 Å². The Morgan fingerprint density at radius 1 is 1.36 bits per heavy atom. The van der Waals surface area contributed by atoms with Gasteiger partial charge in [0.1, 0.15) is 17.8 Å². The summed E-state index contributed by atoms with van der Waals surface area (Å²) in [5.41, 5.74) is 6.35. The van der Waals surface area contributed by atoms with Crippen LogP contribution >= 0.6 is 11.6 Å². The molecule has 0 spiro atoms. The van der Waals surface area contributed by atoms with Gasteiger partial charge in [0, 0.05) is 11.6 Å². The van der Waals surface area contributed by atoms with Gasteiger partial charge in [-0.1, -0.05) is 41.9 Å². The van der Waals surface area contributed by atoms with Crippen molar-refractivity contribution in [1.82, 2.24) is 10.2 Å². The van der Waals surface area contributed by atoms with Gasteiger partial charge in [0.2, 0.25) is 5.91 Å². The molecule has 1 fully saturated rings. The minimum absolute atomic E-state index is 0. The van der Waals surface area contributed by atoms with E-state index in [-0.39, 0.29) is 22.8 Å². The van der Waals surface area contributed by atoms with Crippen LogP contribution in [0.15, 0.2) is 41.1 Å². The lowest BCUT2D eigenvalue weighted by Gasteiger charge is -2.49. The second kappa shape index (κ2) is 10.2. The van der Waals surface area contributed by atoms with E-state index in [0.717, 1.165) is 4.90 Å². The Labute approximate surface area is 167 Å². The third-order valence-corrected chi connectivity index (χ3v) is 4.69. The Morgan fingerprint density at radius 3 is 2.46 bits per heavy atom. The standard InChI is InChI=1S/C16H16ClN3O4.C2H6O.H2O/c17-9-6-7-10-12(15(22)20(10)13(9)16(23)24)19-14(21)11(18)8-4-2-1-3-5-8;1-2-3;/h1-5,10-12H,6-7,18H2,(H,19,21)(H,23,24);3H,2H2,1H3;1H2/t10-,11-,12+;;/m1../s1. The van der Waals surface area contributed by atoms with Crippen molar-refractivity contribution in [2.45, 2.75) is 37.9 Å². The second-order valence-corrected chi connectivity index (χ2v) is 6.52. The molecule has 2 amide bonds. The van der Waals surface area contributed by atoms with E-state index in [9.17, 15) is 19.5 Å². The van der Waals surface area contributed by atoms with Crippen LogP contribution in [-0.4, -0.2) is 57.1 Å². The van der Waals surface area contributed by atoms with Gasteiger partial charge in [-0.25, -0.2) is 4.79 Å². The van der Waals surface area contributed by atoms with E-state index in [1.807, 2.05) is 6.07 Å². The van der Waals surface area contributed by atoms with Gasteiger partial charge in [0.15, 0.2) is 0 Å². The summed E-state index contributed by atoms with van der Waals surface area (Å²) in [6, 6.07) is 6.74. The predicted octanol–water partition coefficient (Wildman–Crippen LogP) is -0.115. The van der Waals surface area contributed by atoms with Crippen molar-refractivity contribution >= 4 is 29.4 Å². The van der Waals surface area contributed by atoms with Crippen LogP contribution < -0.4 is 11.1 Å². The summed E-state index contributed by atoms with van der Waals surface area (Å²) in [4.78, 5) is 37.0. The second-order valence-electron chi connectivity index (χ2n) is 6.06. The molecule has 10 heteroatoms. The number of aliphatic hydroxyl groups is 1. The number of amides is 2. The molecule has 28 heavy (non-hydrogen) atoms. The molecule has 2 aliphatic rings. The van der Waals surface area contributed by atoms with E-state index < -0.39 is 35.9 Å². The number of hydrogen-bond donors (Lipinski definition) is 4. The Balaban J connectivity index is 0.000000921. The minimum Gasteiger partial charge on any atom is -0.477 e. The van der Waals surface area contributed by atoms with Crippen LogP contribution in [0.5, 0.6) is 0 Å². The molecule has 3 rings (SSSR count). The Kier molecular flexibility index (Phi) is 8.58. The highest BCUT2D eigenvalue weighted by atomic mass is 35.5. The van der Waals surface area contributed by atoms with Crippen molar-refractivity contribution in [3.05, 3.63) is 46.6 Å². The summed E-state index contributed by atoms with van der Waals surface area (Å²) in [7, 11) is 0. The first-order valence-electron chi connectivity index (χ1n) is 8.50. The van der Waals surface area contributed by atoms with Crippen LogP contribution in [0.4, 0.5) is 0 Å². The van der Waals surface area contributed by atoms with Crippen molar-refractivity contribution in [1.29, 1.82) is 0 Å². The van der Waals surface area contributed by atoms with E-state index in [4.69, 9.17) is 22.4 Å². The van der Waals surface area contributed by atoms with Gasteiger partial charge in [-0.2, -0.15) is 0 Å². The number of carboxylic acid groups (broad SMARTS) is 1. The first-order chi connectivity index (χ1) is 12.8. The molecule has 2 heterocycles. The van der Waals surface area contributed by atoms with E-state index >= 15 is 0 Å². The predicted molar refractivity (Wildman–Crippen MR) is 102 cm³/mol. The Morgan fingerprint density at radius 2 is 1.93 bits per heavy atom. The third-order valence-electron chi connectivity index (χ3n) is 4.32. The first-order valence-corrected chi connectivity index (χ1v) is 8.88. The van der Waals surface area contributed by atoms with Gasteiger partial charge in [0.25, 0.3) is 5.91 Å². The molecule has 7 N–H and O–H groups in total. The number of halogens is 1. The summed E-state index contributed by atoms with van der Waals surface area (Å²) in [5.74, 6) is -2.20. The number of benzene rings is 1. The number of β-lactam (4-membered cyclic amide) rings is 1. The number of nitrogens with zero attached hydrogens (tertiary/aromatic N) is 1. The van der Waals surface area contributed by atoms with E-state index in [2.05, 4.69) is 5.32 Å². The molecule has 1 aromatic carbocycles. The fourth-order valence-electron chi connectivity index (χ4n) is 3.07. The lowest BCUT2D eigenvalue weighted by atomic mass is 9.86. The molecule has 2 aliphatic heterocycles. The van der Waals surface area contributed by atoms with Gasteiger partial charge in [-0.05, 0) is 25.3 Å². The topological polar surface area (TPSA) is 164 Å². The van der Waals surface area contributed by atoms with Crippen LogP contribution in [0.2, 0.25) is 0 Å². The van der Waals surface area contributed by atoms with Crippen LogP contribution in [-0.2, 0) is 14.4 Å². The lowest BCUT2D eigenvalue weighted by Crippen LogP contribution is -2.72. The maximum Gasteiger partial charge on any atom is 0.353 e. The highest BCUT2D eigenvalue weighted by molar-refractivity contribution is 6.32. The SMILES string of the molecule is CCO.N[C@@H](C(=O)N[C@@H]1C(=O)N2C(C(=O)O)=C(Cl)CC[C@H]12)c1ccccc1.O. The van der Waals surface area contributed by atoms with Gasteiger partial charge >= 0.3 is 5.97 Å². The van der Waals surface area contributed by atoms with Crippen LogP contribution in [0, 0.1) is 0 Å². The Bertz CT molecular complexity index is 755. The van der Waals surface area contributed by atoms with E-state index in [0.29, 0.717) is 18.4 Å². The van der Waals surface area contributed by atoms with Gasteiger partial charge in [-0.3, -0.25) is 14.5 Å². The highest BCUT2D eigenvalue weighted by Gasteiger charge is 2.53. The normalized spacial score (nSPS) is 21.3. The quantitative estimate of drug-likeness (QED) is 0.502. The maximum absolute atomic E-state index is 12.3. The number of carbonyl (C=O) groups excluding carboxylic acids is 2. The highest BCUT2D eigenvalue weighted by Crippen LogP contribution is 2.38. The molecule has 1 saturated heterocycles. The molecule has 3 atom stereocenters. The van der Waals surface area contributed by atoms with Gasteiger partial charge < -0.3 is 26.7 Å². The third kappa shape index (κ3) is 4.68. The maximum atomic E-state index is 12.3. The summed E-state index contributed by atoms with van der Waals surface area (Å²) < 4.78 is 0. The molecule has 154 valence electrons. The number of aliphatic hydroxyl groups excluding tert-OH is 1. The van der Waals surface area contributed by atoms with Crippen LogP contribution in [0.1, 0.15) is 31.4 Å². The van der Waals surface area contributed by atoms with Crippen LogP contribution in [0.25, 0.3) is 0 Å². The zero-order valence-corrected chi connectivity index (χ0v) is 16.0. The summed E-state index contributed by atoms with van der Waals surface area (Å²) >= 11 is 5.92. The zero-order valence-electron chi connectivity index (χ0n) is 15.3. The molecule has 0 aliphatic carbocycles. The molecule has 9 nitrogen and oxygen atoms in total. The number of allylic oxidation sites excluding steroid dienone is 1. The number of rotatable bonds is 4. The zero-order chi connectivity index (χ0) is 20.1. The average Bonchev–Trinajstić information content (AvgIpc) is 2.66. The molecule has 1 aromatic rings. The van der Waals surface area contributed by atoms with Crippen molar-refractivity contribution in [2.24, 2.45) is 5.73 Å².